The minimum Gasteiger partial charge on any atom is -0.485 e. The monoisotopic (exact) mass is 259 g/mol. The third-order valence-corrected chi connectivity index (χ3v) is 3.20. The van der Waals surface area contributed by atoms with Gasteiger partial charge in [-0.3, -0.25) is 4.68 Å². The van der Waals surface area contributed by atoms with Gasteiger partial charge in [0.25, 0.3) is 0 Å². The van der Waals surface area contributed by atoms with E-state index in [9.17, 15) is 0 Å². The molecule has 2 aromatic rings. The van der Waals surface area contributed by atoms with E-state index in [0.717, 1.165) is 23.7 Å². The minimum atomic E-state index is 0.574. The fourth-order valence-electron chi connectivity index (χ4n) is 2.15. The SMILES string of the molecule is CNCc1cccc(COc2c(C)nn(C)c2C)c1. The molecule has 0 saturated carbocycles. The van der Waals surface area contributed by atoms with Crippen LogP contribution in [-0.2, 0) is 20.2 Å². The van der Waals surface area contributed by atoms with E-state index in [1.165, 1.54) is 11.1 Å². The van der Waals surface area contributed by atoms with E-state index in [2.05, 4.69) is 34.7 Å². The summed E-state index contributed by atoms with van der Waals surface area (Å²) in [7, 11) is 3.88. The number of nitrogens with one attached hydrogen (secondary N) is 1. The van der Waals surface area contributed by atoms with Crippen molar-refractivity contribution in [3.8, 4) is 5.75 Å². The molecule has 0 radical (unpaired) electrons. The predicted octanol–water partition coefficient (Wildman–Crippen LogP) is 2.34. The van der Waals surface area contributed by atoms with Crippen LogP contribution in [0, 0.1) is 13.8 Å². The highest BCUT2D eigenvalue weighted by molar-refractivity contribution is 5.32. The zero-order valence-electron chi connectivity index (χ0n) is 12.0. The average Bonchev–Trinajstić information content (AvgIpc) is 2.62. The summed E-state index contributed by atoms with van der Waals surface area (Å²) in [5.41, 5.74) is 4.44. The molecule has 0 spiro atoms. The van der Waals surface area contributed by atoms with Crippen molar-refractivity contribution in [3.05, 3.63) is 46.8 Å². The third kappa shape index (κ3) is 3.15. The summed E-state index contributed by atoms with van der Waals surface area (Å²) in [6.07, 6.45) is 0. The Kier molecular flexibility index (Phi) is 4.22. The smallest absolute Gasteiger partial charge is 0.163 e. The summed E-state index contributed by atoms with van der Waals surface area (Å²) in [5, 5.41) is 7.50. The lowest BCUT2D eigenvalue weighted by atomic mass is 10.1. The molecule has 0 aliphatic carbocycles. The van der Waals surface area contributed by atoms with Gasteiger partial charge in [0, 0.05) is 13.6 Å². The Labute approximate surface area is 114 Å². The number of benzene rings is 1. The molecule has 1 N–H and O–H groups in total. The van der Waals surface area contributed by atoms with Crippen molar-refractivity contribution in [2.45, 2.75) is 27.0 Å². The van der Waals surface area contributed by atoms with E-state index in [0.29, 0.717) is 6.61 Å². The van der Waals surface area contributed by atoms with Gasteiger partial charge in [0.15, 0.2) is 5.75 Å². The molecule has 2 rings (SSSR count). The molecule has 0 amide bonds. The van der Waals surface area contributed by atoms with Crippen molar-refractivity contribution in [1.82, 2.24) is 15.1 Å². The fraction of sp³-hybridized carbons (Fsp3) is 0.400. The lowest BCUT2D eigenvalue weighted by molar-refractivity contribution is 0.301. The first-order valence-corrected chi connectivity index (χ1v) is 6.47. The normalized spacial score (nSPS) is 10.7. The van der Waals surface area contributed by atoms with E-state index in [1.54, 1.807) is 0 Å². The molecule has 0 aliphatic rings. The molecule has 0 unspecified atom stereocenters. The lowest BCUT2D eigenvalue weighted by Gasteiger charge is -2.08. The molecule has 1 heterocycles. The highest BCUT2D eigenvalue weighted by atomic mass is 16.5. The number of nitrogens with zero attached hydrogens (tertiary/aromatic N) is 2. The molecule has 4 heteroatoms. The summed E-state index contributed by atoms with van der Waals surface area (Å²) < 4.78 is 7.75. The molecule has 0 bridgehead atoms. The van der Waals surface area contributed by atoms with E-state index >= 15 is 0 Å². The number of hydrogen-bond acceptors (Lipinski definition) is 3. The van der Waals surface area contributed by atoms with Crippen LogP contribution in [0.2, 0.25) is 0 Å². The third-order valence-electron chi connectivity index (χ3n) is 3.20. The van der Waals surface area contributed by atoms with Crippen LogP contribution in [0.15, 0.2) is 24.3 Å². The molecular weight excluding hydrogens is 238 g/mol. The van der Waals surface area contributed by atoms with Gasteiger partial charge >= 0.3 is 0 Å². The maximum absolute atomic E-state index is 5.90. The Hall–Kier alpha value is -1.81. The topological polar surface area (TPSA) is 39.1 Å². The van der Waals surface area contributed by atoms with Crippen LogP contribution in [-0.4, -0.2) is 16.8 Å². The summed E-state index contributed by atoms with van der Waals surface area (Å²) >= 11 is 0. The molecule has 0 saturated heterocycles. The summed E-state index contributed by atoms with van der Waals surface area (Å²) in [5.74, 6) is 0.890. The van der Waals surface area contributed by atoms with E-state index in [-0.39, 0.29) is 0 Å². The zero-order valence-corrected chi connectivity index (χ0v) is 12.0. The average molecular weight is 259 g/mol. The maximum Gasteiger partial charge on any atom is 0.163 e. The molecule has 0 aliphatic heterocycles. The van der Waals surface area contributed by atoms with Crippen LogP contribution in [0.3, 0.4) is 0 Å². The lowest BCUT2D eigenvalue weighted by Crippen LogP contribution is -2.06. The van der Waals surface area contributed by atoms with Crippen LogP contribution in [0.5, 0.6) is 5.75 Å². The molecule has 0 fully saturated rings. The second-order valence-corrected chi connectivity index (χ2v) is 4.76. The summed E-state index contributed by atoms with van der Waals surface area (Å²) in [6, 6.07) is 8.42. The van der Waals surface area contributed by atoms with Crippen molar-refractivity contribution in [1.29, 1.82) is 0 Å². The van der Waals surface area contributed by atoms with Gasteiger partial charge in [-0.05, 0) is 32.0 Å². The Bertz CT molecular complexity index is 561. The van der Waals surface area contributed by atoms with Gasteiger partial charge in [0.2, 0.25) is 0 Å². The number of ether oxygens (including phenoxy) is 1. The predicted molar refractivity (Wildman–Crippen MR) is 76.2 cm³/mol. The van der Waals surface area contributed by atoms with Crippen molar-refractivity contribution in [2.75, 3.05) is 7.05 Å². The molecular formula is C15H21N3O. The molecule has 1 aromatic carbocycles. The minimum absolute atomic E-state index is 0.574. The van der Waals surface area contributed by atoms with Crippen molar-refractivity contribution >= 4 is 0 Å². The van der Waals surface area contributed by atoms with E-state index in [1.807, 2.05) is 32.6 Å². The Balaban J connectivity index is 2.08. The van der Waals surface area contributed by atoms with Gasteiger partial charge in [-0.2, -0.15) is 5.10 Å². The van der Waals surface area contributed by atoms with Gasteiger partial charge < -0.3 is 10.1 Å². The number of aromatic nitrogens is 2. The second kappa shape index (κ2) is 5.89. The van der Waals surface area contributed by atoms with Crippen LogP contribution in [0.4, 0.5) is 0 Å². The van der Waals surface area contributed by atoms with Crippen molar-refractivity contribution in [3.63, 3.8) is 0 Å². The largest absolute Gasteiger partial charge is 0.485 e. The number of rotatable bonds is 5. The van der Waals surface area contributed by atoms with Crippen LogP contribution < -0.4 is 10.1 Å². The van der Waals surface area contributed by atoms with Gasteiger partial charge in [-0.25, -0.2) is 0 Å². The van der Waals surface area contributed by atoms with E-state index < -0.39 is 0 Å². The molecule has 19 heavy (non-hydrogen) atoms. The number of hydrogen-bond donors (Lipinski definition) is 1. The van der Waals surface area contributed by atoms with Gasteiger partial charge in [0.1, 0.15) is 12.3 Å². The molecule has 1 aromatic heterocycles. The first-order chi connectivity index (χ1) is 9.11. The maximum atomic E-state index is 5.90. The zero-order chi connectivity index (χ0) is 13.8. The number of aryl methyl sites for hydroxylation is 2. The standard InChI is InChI=1S/C15H21N3O/c1-11-15(12(2)18(4)17-11)19-10-14-7-5-6-13(8-14)9-16-3/h5-8,16H,9-10H2,1-4H3. The highest BCUT2D eigenvalue weighted by Crippen LogP contribution is 2.22. The molecule has 0 atom stereocenters. The van der Waals surface area contributed by atoms with E-state index in [4.69, 9.17) is 4.74 Å². The first kappa shape index (κ1) is 13.6. The van der Waals surface area contributed by atoms with Gasteiger partial charge in [-0.15, -0.1) is 0 Å². The summed E-state index contributed by atoms with van der Waals surface area (Å²) in [6.45, 7) is 5.44. The second-order valence-electron chi connectivity index (χ2n) is 4.76. The highest BCUT2D eigenvalue weighted by Gasteiger charge is 2.10. The van der Waals surface area contributed by atoms with Crippen LogP contribution in [0.1, 0.15) is 22.5 Å². The first-order valence-electron chi connectivity index (χ1n) is 6.47. The Morgan fingerprint density at radius 1 is 1.26 bits per heavy atom. The van der Waals surface area contributed by atoms with Gasteiger partial charge in [0.05, 0.1) is 5.69 Å². The fourth-order valence-corrected chi connectivity index (χ4v) is 2.15. The van der Waals surface area contributed by atoms with Crippen molar-refractivity contribution in [2.24, 2.45) is 7.05 Å². The summed E-state index contributed by atoms with van der Waals surface area (Å²) in [4.78, 5) is 0. The Morgan fingerprint density at radius 3 is 2.63 bits per heavy atom. The molecule has 4 nitrogen and oxygen atoms in total. The van der Waals surface area contributed by atoms with Crippen LogP contribution >= 0.6 is 0 Å². The van der Waals surface area contributed by atoms with Crippen molar-refractivity contribution < 1.29 is 4.74 Å². The van der Waals surface area contributed by atoms with Gasteiger partial charge in [-0.1, -0.05) is 24.3 Å². The quantitative estimate of drug-likeness (QED) is 0.895. The molecule has 102 valence electrons. The Morgan fingerprint density at radius 2 is 2.00 bits per heavy atom. The van der Waals surface area contributed by atoms with Crippen LogP contribution in [0.25, 0.3) is 0 Å².